The number of benzene rings is 1. The van der Waals surface area contributed by atoms with Crippen molar-refractivity contribution < 1.29 is 31.1 Å². The van der Waals surface area contributed by atoms with Crippen LogP contribution in [0.3, 0.4) is 0 Å². The molecule has 3 rings (SSSR count). The zero-order valence-electron chi connectivity index (χ0n) is 16.0. The highest BCUT2D eigenvalue weighted by Gasteiger charge is 2.73. The number of aryl methyl sites for hydroxylation is 1. The van der Waals surface area contributed by atoms with Gasteiger partial charge >= 0.3 is 18.0 Å². The number of anilines is 1. The maximum Gasteiger partial charge on any atom is 0.439 e. The molecule has 166 valence electrons. The van der Waals surface area contributed by atoms with E-state index in [0.29, 0.717) is 41.0 Å². The summed E-state index contributed by atoms with van der Waals surface area (Å²) in [5.74, 6) is -1.56. The third kappa shape index (κ3) is 4.35. The maximum atomic E-state index is 13.9. The fourth-order valence-corrected chi connectivity index (χ4v) is 4.72. The van der Waals surface area contributed by atoms with E-state index < -0.39 is 28.9 Å². The van der Waals surface area contributed by atoms with Crippen LogP contribution in [-0.2, 0) is 12.8 Å². The van der Waals surface area contributed by atoms with Crippen LogP contribution in [-0.4, -0.2) is 23.9 Å². The van der Waals surface area contributed by atoms with Crippen LogP contribution in [0.1, 0.15) is 45.6 Å². The number of halogens is 6. The van der Waals surface area contributed by atoms with Gasteiger partial charge < -0.3 is 10.6 Å². The van der Waals surface area contributed by atoms with Gasteiger partial charge in [-0.05, 0) is 43.4 Å². The first-order valence-corrected chi connectivity index (χ1v) is 10.2. The number of nitrogens with zero attached hydrogens (tertiary/aromatic N) is 1. The molecular formula is C20H17F6N3OS. The van der Waals surface area contributed by atoms with Gasteiger partial charge in [0.15, 0.2) is 0 Å². The van der Waals surface area contributed by atoms with Gasteiger partial charge in [0.1, 0.15) is 11.1 Å². The number of carbonyl (C=O) groups excluding carboxylic acids is 1. The molecule has 0 atom stereocenters. The first kappa shape index (κ1) is 22.9. The minimum Gasteiger partial charge on any atom is -0.338 e. The van der Waals surface area contributed by atoms with Gasteiger partial charge in [-0.3, -0.25) is 4.79 Å². The molecule has 2 N–H and O–H groups in total. The SMILES string of the molecule is N#Cc1c(NC(NC(=O)c2ccccc2)(C(F)(F)F)C(F)(F)F)sc2c1CCCCC2. The molecule has 0 spiro atoms. The molecule has 0 aliphatic heterocycles. The lowest BCUT2D eigenvalue weighted by molar-refractivity contribution is -0.293. The van der Waals surface area contributed by atoms with Crippen LogP contribution in [0.25, 0.3) is 0 Å². The average Bonchev–Trinajstić information content (AvgIpc) is 2.85. The number of nitrogens with one attached hydrogen (secondary N) is 2. The molecule has 1 aromatic heterocycles. The standard InChI is InChI=1S/C20H17F6N3OS/c21-19(22,23)18(20(24,25)26,28-16(30)12-7-3-1-4-8-12)29-17-14(11-27)13-9-5-2-6-10-15(13)31-17/h1,3-4,7-8,29H,2,5-6,9-10H2,(H,28,30). The molecule has 0 fully saturated rings. The van der Waals surface area contributed by atoms with Crippen LogP contribution in [0.15, 0.2) is 30.3 Å². The van der Waals surface area contributed by atoms with Crippen molar-refractivity contribution in [3.05, 3.63) is 51.9 Å². The third-order valence-corrected chi connectivity index (χ3v) is 6.23. The molecular weight excluding hydrogens is 444 g/mol. The van der Waals surface area contributed by atoms with Crippen LogP contribution < -0.4 is 10.6 Å². The van der Waals surface area contributed by atoms with Gasteiger partial charge in [0.25, 0.3) is 5.91 Å². The van der Waals surface area contributed by atoms with Crippen LogP contribution >= 0.6 is 11.3 Å². The van der Waals surface area contributed by atoms with Crippen molar-refractivity contribution in [1.29, 1.82) is 5.26 Å². The number of alkyl halides is 6. The van der Waals surface area contributed by atoms with E-state index in [1.165, 1.54) is 23.5 Å². The summed E-state index contributed by atoms with van der Waals surface area (Å²) in [4.78, 5) is 12.9. The second-order valence-corrected chi connectivity index (χ2v) is 8.18. The molecule has 1 heterocycles. The van der Waals surface area contributed by atoms with E-state index in [4.69, 9.17) is 0 Å². The minimum atomic E-state index is -5.95. The Hall–Kier alpha value is -2.74. The fraction of sp³-hybridized carbons (Fsp3) is 0.400. The van der Waals surface area contributed by atoms with Gasteiger partial charge in [0, 0.05) is 10.4 Å². The van der Waals surface area contributed by atoms with E-state index in [1.54, 1.807) is 6.07 Å². The lowest BCUT2D eigenvalue weighted by Gasteiger charge is -2.38. The maximum absolute atomic E-state index is 13.9. The largest absolute Gasteiger partial charge is 0.439 e. The Bertz CT molecular complexity index is 977. The molecule has 1 amide bonds. The Kier molecular flexibility index (Phi) is 6.23. The van der Waals surface area contributed by atoms with Crippen molar-refractivity contribution in [2.75, 3.05) is 5.32 Å². The van der Waals surface area contributed by atoms with Crippen molar-refractivity contribution in [3.8, 4) is 6.07 Å². The lowest BCUT2D eigenvalue weighted by Crippen LogP contribution is -2.72. The van der Waals surface area contributed by atoms with E-state index in [0.717, 1.165) is 30.3 Å². The van der Waals surface area contributed by atoms with Crippen molar-refractivity contribution >= 4 is 22.2 Å². The molecule has 0 bridgehead atoms. The summed E-state index contributed by atoms with van der Waals surface area (Å²) < 4.78 is 83.6. The predicted molar refractivity (Wildman–Crippen MR) is 103 cm³/mol. The monoisotopic (exact) mass is 461 g/mol. The predicted octanol–water partition coefficient (Wildman–Crippen LogP) is 5.55. The van der Waals surface area contributed by atoms with Gasteiger partial charge in [-0.2, -0.15) is 31.6 Å². The van der Waals surface area contributed by atoms with Crippen molar-refractivity contribution in [2.45, 2.75) is 50.1 Å². The highest BCUT2D eigenvalue weighted by molar-refractivity contribution is 7.16. The summed E-state index contributed by atoms with van der Waals surface area (Å²) >= 11 is 0.697. The van der Waals surface area contributed by atoms with Gasteiger partial charge in [0.05, 0.1) is 5.56 Å². The number of amides is 1. The van der Waals surface area contributed by atoms with Gasteiger partial charge in [-0.25, -0.2) is 0 Å². The third-order valence-electron chi connectivity index (χ3n) is 5.02. The topological polar surface area (TPSA) is 64.9 Å². The molecule has 1 aliphatic rings. The minimum absolute atomic E-state index is 0.242. The number of rotatable bonds is 4. The molecule has 1 aliphatic carbocycles. The van der Waals surface area contributed by atoms with Crippen molar-refractivity contribution in [3.63, 3.8) is 0 Å². The normalized spacial score (nSPS) is 14.9. The molecule has 0 saturated carbocycles. The van der Waals surface area contributed by atoms with Crippen molar-refractivity contribution in [1.82, 2.24) is 5.32 Å². The molecule has 0 saturated heterocycles. The van der Waals surface area contributed by atoms with Gasteiger partial charge in [-0.15, -0.1) is 11.3 Å². The quantitative estimate of drug-likeness (QED) is 0.356. The number of carbonyl (C=O) groups is 1. The molecule has 0 unspecified atom stereocenters. The number of hydrogen-bond donors (Lipinski definition) is 2. The lowest BCUT2D eigenvalue weighted by atomic mass is 10.0. The van der Waals surface area contributed by atoms with Crippen LogP contribution in [0, 0.1) is 11.3 Å². The second-order valence-electron chi connectivity index (χ2n) is 7.07. The second kappa shape index (κ2) is 8.42. The Morgan fingerprint density at radius 1 is 0.968 bits per heavy atom. The number of thiophene rings is 1. The van der Waals surface area contributed by atoms with Crippen LogP contribution in [0.4, 0.5) is 31.3 Å². The molecule has 31 heavy (non-hydrogen) atoms. The van der Waals surface area contributed by atoms with E-state index >= 15 is 0 Å². The summed E-state index contributed by atoms with van der Waals surface area (Å²) in [5.41, 5.74) is -4.92. The Labute approximate surface area is 177 Å². The zero-order chi connectivity index (χ0) is 22.9. The highest BCUT2D eigenvalue weighted by Crippen LogP contribution is 2.47. The molecule has 1 aromatic carbocycles. The van der Waals surface area contributed by atoms with E-state index in [9.17, 15) is 36.4 Å². The van der Waals surface area contributed by atoms with Crippen LogP contribution in [0.2, 0.25) is 0 Å². The summed E-state index contributed by atoms with van der Waals surface area (Å²) in [6.07, 6.45) is -8.76. The zero-order valence-corrected chi connectivity index (χ0v) is 16.8. The number of nitriles is 1. The average molecular weight is 461 g/mol. The van der Waals surface area contributed by atoms with Gasteiger partial charge in [0.2, 0.25) is 0 Å². The van der Waals surface area contributed by atoms with Crippen molar-refractivity contribution in [2.24, 2.45) is 0 Å². The molecule has 2 aromatic rings. The first-order valence-electron chi connectivity index (χ1n) is 9.34. The highest BCUT2D eigenvalue weighted by atomic mass is 32.1. The summed E-state index contributed by atoms with van der Waals surface area (Å²) in [7, 11) is 0. The van der Waals surface area contributed by atoms with E-state index in [-0.39, 0.29) is 11.1 Å². The Morgan fingerprint density at radius 2 is 1.58 bits per heavy atom. The summed E-state index contributed by atoms with van der Waals surface area (Å²) in [5, 5.41) is 11.5. The van der Waals surface area contributed by atoms with Crippen LogP contribution in [0.5, 0.6) is 0 Å². The molecule has 11 heteroatoms. The Morgan fingerprint density at radius 3 is 2.16 bits per heavy atom. The summed E-state index contributed by atoms with van der Waals surface area (Å²) in [6, 6.07) is 8.03. The fourth-order valence-electron chi connectivity index (χ4n) is 3.43. The van der Waals surface area contributed by atoms with Gasteiger partial charge in [-0.1, -0.05) is 24.6 Å². The molecule has 4 nitrogen and oxygen atoms in total. The first-order chi connectivity index (χ1) is 14.5. The number of hydrogen-bond acceptors (Lipinski definition) is 4. The molecule has 0 radical (unpaired) electrons. The van der Waals surface area contributed by atoms with E-state index in [2.05, 4.69) is 0 Å². The summed E-state index contributed by atoms with van der Waals surface area (Å²) in [6.45, 7) is 0. The van der Waals surface area contributed by atoms with E-state index in [1.807, 2.05) is 0 Å². The smallest absolute Gasteiger partial charge is 0.338 e. The Balaban J connectivity index is 2.10. The number of fused-ring (bicyclic) bond motifs is 1.